The zero-order valence-electron chi connectivity index (χ0n) is 14.5. The van der Waals surface area contributed by atoms with Crippen LogP contribution in [0.4, 0.5) is 18.0 Å². The van der Waals surface area contributed by atoms with Crippen LogP contribution in [0.2, 0.25) is 0 Å². The molecule has 1 unspecified atom stereocenters. The van der Waals surface area contributed by atoms with Crippen molar-refractivity contribution in [2.24, 2.45) is 0 Å². The van der Waals surface area contributed by atoms with E-state index < -0.39 is 30.6 Å². The van der Waals surface area contributed by atoms with E-state index in [0.29, 0.717) is 31.7 Å². The van der Waals surface area contributed by atoms with Gasteiger partial charge in [-0.2, -0.15) is 13.2 Å². The molecular weight excluding hydrogens is 369 g/mol. The van der Waals surface area contributed by atoms with Gasteiger partial charge in [-0.1, -0.05) is 6.07 Å². The zero-order valence-corrected chi connectivity index (χ0v) is 14.5. The van der Waals surface area contributed by atoms with Crippen LogP contribution in [0.1, 0.15) is 19.3 Å². The summed E-state index contributed by atoms with van der Waals surface area (Å²) in [6, 6.07) is 5.36. The van der Waals surface area contributed by atoms with Gasteiger partial charge in [0.2, 0.25) is 12.0 Å². The molecule has 2 atom stereocenters. The molecular formula is C17H21F3N2O5. The van der Waals surface area contributed by atoms with Gasteiger partial charge in [0.25, 0.3) is 0 Å². The third kappa shape index (κ3) is 4.81. The molecule has 3 rings (SSSR count). The van der Waals surface area contributed by atoms with Crippen molar-refractivity contribution in [1.29, 1.82) is 0 Å². The molecule has 1 spiro atoms. The van der Waals surface area contributed by atoms with Gasteiger partial charge in [-0.05, 0) is 18.9 Å². The van der Waals surface area contributed by atoms with Crippen molar-refractivity contribution < 1.29 is 37.3 Å². The number of amides is 1. The van der Waals surface area contributed by atoms with E-state index in [1.807, 2.05) is 6.07 Å². The lowest BCUT2D eigenvalue weighted by Crippen LogP contribution is -2.49. The van der Waals surface area contributed by atoms with Crippen LogP contribution >= 0.6 is 0 Å². The number of aromatic nitrogens is 1. The van der Waals surface area contributed by atoms with E-state index in [0.717, 1.165) is 0 Å². The highest BCUT2D eigenvalue weighted by atomic mass is 19.4. The van der Waals surface area contributed by atoms with E-state index in [1.54, 1.807) is 18.3 Å². The fourth-order valence-corrected chi connectivity index (χ4v) is 3.31. The first-order valence-corrected chi connectivity index (χ1v) is 8.66. The number of carbonyl (C=O) groups is 1. The monoisotopic (exact) mass is 390 g/mol. The van der Waals surface area contributed by atoms with Crippen LogP contribution in [0.5, 0.6) is 5.88 Å². The van der Waals surface area contributed by atoms with Crippen LogP contribution in [-0.2, 0) is 9.47 Å². The number of hydrogen-bond acceptors (Lipinski definition) is 6. The standard InChI is InChI=1S/C17H21F3N2O5/c18-17(19,20)13(10-23)27-15(24)22-7-4-16(5-8-22)9-12(11-25-16)26-14-3-1-2-6-21-14/h1-3,6,12-13,23H,4-5,7-11H2/t12?,13-/m1/s1. The van der Waals surface area contributed by atoms with E-state index >= 15 is 0 Å². The largest absolute Gasteiger partial charge is 0.472 e. The smallest absolute Gasteiger partial charge is 0.427 e. The fourth-order valence-electron chi connectivity index (χ4n) is 3.31. The average molecular weight is 390 g/mol. The van der Waals surface area contributed by atoms with Crippen molar-refractivity contribution in [2.45, 2.75) is 43.2 Å². The van der Waals surface area contributed by atoms with Crippen LogP contribution in [0.3, 0.4) is 0 Å². The van der Waals surface area contributed by atoms with Gasteiger partial charge in [0.05, 0.1) is 18.8 Å². The number of pyridine rings is 1. The molecule has 0 bridgehead atoms. The molecule has 2 aliphatic heterocycles. The predicted octanol–water partition coefficient (Wildman–Crippen LogP) is 2.14. The molecule has 0 radical (unpaired) electrons. The van der Waals surface area contributed by atoms with Crippen molar-refractivity contribution >= 4 is 6.09 Å². The number of aliphatic hydroxyl groups is 1. The Labute approximate surface area is 154 Å². The molecule has 2 saturated heterocycles. The highest BCUT2D eigenvalue weighted by molar-refractivity contribution is 5.68. The maximum absolute atomic E-state index is 12.6. The van der Waals surface area contributed by atoms with Crippen molar-refractivity contribution in [2.75, 3.05) is 26.3 Å². The van der Waals surface area contributed by atoms with E-state index in [1.165, 1.54) is 4.90 Å². The summed E-state index contributed by atoms with van der Waals surface area (Å²) >= 11 is 0. The third-order valence-corrected chi connectivity index (χ3v) is 4.81. The normalized spacial score (nSPS) is 23.3. The molecule has 10 heteroatoms. The Balaban J connectivity index is 1.49. The van der Waals surface area contributed by atoms with Crippen molar-refractivity contribution in [3.8, 4) is 5.88 Å². The maximum Gasteiger partial charge on any atom is 0.427 e. The van der Waals surface area contributed by atoms with Gasteiger partial charge in [-0.3, -0.25) is 0 Å². The summed E-state index contributed by atoms with van der Waals surface area (Å²) in [7, 11) is 0. The van der Waals surface area contributed by atoms with Crippen LogP contribution < -0.4 is 4.74 Å². The molecule has 3 heterocycles. The minimum Gasteiger partial charge on any atom is -0.472 e. The number of ether oxygens (including phenoxy) is 3. The van der Waals surface area contributed by atoms with Crippen LogP contribution in [0, 0.1) is 0 Å². The number of rotatable bonds is 4. The molecule has 1 aromatic heterocycles. The molecule has 0 aliphatic carbocycles. The lowest BCUT2D eigenvalue weighted by atomic mass is 9.88. The molecule has 1 aromatic rings. The summed E-state index contributed by atoms with van der Waals surface area (Å²) in [6.45, 7) is -0.485. The van der Waals surface area contributed by atoms with Gasteiger partial charge in [0.1, 0.15) is 6.10 Å². The van der Waals surface area contributed by atoms with Crippen LogP contribution in [0.25, 0.3) is 0 Å². The zero-order chi connectivity index (χ0) is 19.5. The summed E-state index contributed by atoms with van der Waals surface area (Å²) in [5.41, 5.74) is -0.462. The molecule has 0 aromatic carbocycles. The lowest BCUT2D eigenvalue weighted by molar-refractivity contribution is -0.215. The average Bonchev–Trinajstić information content (AvgIpc) is 3.02. The Morgan fingerprint density at radius 2 is 2.15 bits per heavy atom. The first-order valence-electron chi connectivity index (χ1n) is 8.66. The second kappa shape index (κ2) is 7.89. The Bertz CT molecular complexity index is 635. The topological polar surface area (TPSA) is 81.1 Å². The maximum atomic E-state index is 12.6. The predicted molar refractivity (Wildman–Crippen MR) is 86.2 cm³/mol. The summed E-state index contributed by atoms with van der Waals surface area (Å²) in [6.07, 6.45) is -5.37. The Kier molecular flexibility index (Phi) is 5.75. The second-order valence-corrected chi connectivity index (χ2v) is 6.69. The van der Waals surface area contributed by atoms with Gasteiger partial charge in [-0.25, -0.2) is 9.78 Å². The molecule has 1 amide bonds. The quantitative estimate of drug-likeness (QED) is 0.849. The van der Waals surface area contributed by atoms with Crippen LogP contribution in [-0.4, -0.2) is 71.4 Å². The molecule has 27 heavy (non-hydrogen) atoms. The first kappa shape index (κ1) is 19.7. The number of carbonyl (C=O) groups excluding carboxylic acids is 1. The van der Waals surface area contributed by atoms with Gasteiger partial charge >= 0.3 is 12.3 Å². The number of likely N-dealkylation sites (tertiary alicyclic amines) is 1. The van der Waals surface area contributed by atoms with Gasteiger partial charge in [0, 0.05) is 31.8 Å². The van der Waals surface area contributed by atoms with Gasteiger partial charge in [-0.15, -0.1) is 0 Å². The SMILES string of the molecule is O=C(O[C@H](CO)C(F)(F)F)N1CCC2(CC1)CC(Oc1ccccn1)CO2. The second-order valence-electron chi connectivity index (χ2n) is 6.69. The number of halogens is 3. The van der Waals surface area contributed by atoms with Crippen molar-refractivity contribution in [1.82, 2.24) is 9.88 Å². The Morgan fingerprint density at radius 3 is 2.74 bits per heavy atom. The Hall–Kier alpha value is -2.07. The summed E-state index contributed by atoms with van der Waals surface area (Å²) < 4.78 is 53.9. The van der Waals surface area contributed by atoms with E-state index in [9.17, 15) is 18.0 Å². The molecule has 2 aliphatic rings. The number of alkyl halides is 3. The van der Waals surface area contributed by atoms with Crippen molar-refractivity contribution in [3.63, 3.8) is 0 Å². The molecule has 150 valence electrons. The van der Waals surface area contributed by atoms with Gasteiger partial charge < -0.3 is 24.2 Å². The fraction of sp³-hybridized carbons (Fsp3) is 0.647. The highest BCUT2D eigenvalue weighted by Gasteiger charge is 2.46. The summed E-state index contributed by atoms with van der Waals surface area (Å²) in [4.78, 5) is 17.3. The minimum atomic E-state index is -4.80. The van der Waals surface area contributed by atoms with Crippen LogP contribution in [0.15, 0.2) is 24.4 Å². The summed E-state index contributed by atoms with van der Waals surface area (Å²) in [5, 5.41) is 8.77. The molecule has 2 fully saturated rings. The Morgan fingerprint density at radius 1 is 1.41 bits per heavy atom. The number of hydrogen-bond donors (Lipinski definition) is 1. The van der Waals surface area contributed by atoms with Crippen molar-refractivity contribution in [3.05, 3.63) is 24.4 Å². The molecule has 1 N–H and O–H groups in total. The van der Waals surface area contributed by atoms with E-state index in [2.05, 4.69) is 9.72 Å². The highest BCUT2D eigenvalue weighted by Crippen LogP contribution is 2.37. The number of aliphatic hydroxyl groups excluding tert-OH is 1. The van der Waals surface area contributed by atoms with E-state index in [-0.39, 0.29) is 19.2 Å². The summed E-state index contributed by atoms with van der Waals surface area (Å²) in [5.74, 6) is 0.506. The van der Waals surface area contributed by atoms with Gasteiger partial charge in [0.15, 0.2) is 0 Å². The van der Waals surface area contributed by atoms with E-state index in [4.69, 9.17) is 14.6 Å². The molecule has 0 saturated carbocycles. The first-order chi connectivity index (χ1) is 12.8. The number of piperidine rings is 1. The minimum absolute atomic E-state index is 0.164. The molecule has 7 nitrogen and oxygen atoms in total. The number of nitrogens with zero attached hydrogens (tertiary/aromatic N) is 2. The third-order valence-electron chi connectivity index (χ3n) is 4.81. The lowest BCUT2D eigenvalue weighted by Gasteiger charge is -2.38.